The Morgan fingerprint density at radius 3 is 2.77 bits per heavy atom. The van der Waals surface area contributed by atoms with E-state index < -0.39 is 0 Å². The summed E-state index contributed by atoms with van der Waals surface area (Å²) < 4.78 is 13.9. The Balaban J connectivity index is 1.65. The van der Waals surface area contributed by atoms with Gasteiger partial charge in [-0.15, -0.1) is 0 Å². The minimum absolute atomic E-state index is 0.330. The second kappa shape index (κ2) is 6.07. The highest BCUT2D eigenvalue weighted by Crippen LogP contribution is 2.23. The number of carbonyl (C=O) groups is 1. The topological polar surface area (TPSA) is 99.4 Å². The molecular weight excluding hydrogens is 335 g/mol. The Morgan fingerprint density at radius 1 is 1.23 bits per heavy atom. The minimum Gasteiger partial charge on any atom is -0.323 e. The molecule has 0 radical (unpaired) electrons. The number of amides is 1. The molecule has 1 amide bonds. The first-order valence-corrected chi connectivity index (χ1v) is 7.96. The van der Waals surface area contributed by atoms with Gasteiger partial charge in [0.05, 0.1) is 17.4 Å². The molecule has 0 saturated heterocycles. The normalized spacial score (nSPS) is 11.0. The summed E-state index contributed by atoms with van der Waals surface area (Å²) in [4.78, 5) is 24.0. The second-order valence-electron chi connectivity index (χ2n) is 5.93. The van der Waals surface area contributed by atoms with E-state index in [2.05, 4.69) is 30.5 Å². The van der Waals surface area contributed by atoms with Gasteiger partial charge in [-0.2, -0.15) is 5.10 Å². The number of pyridine rings is 1. The average molecular weight is 350 g/mol. The first-order chi connectivity index (χ1) is 12.5. The predicted octanol–water partition coefficient (Wildman–Crippen LogP) is 3.36. The van der Waals surface area contributed by atoms with E-state index in [1.54, 1.807) is 24.3 Å². The molecule has 1 aromatic carbocycles. The molecule has 0 atom stereocenters. The second-order valence-corrected chi connectivity index (χ2v) is 5.93. The molecule has 8 heteroatoms. The molecule has 4 rings (SSSR count). The third kappa shape index (κ3) is 2.71. The van der Waals surface area contributed by atoms with Crippen LogP contribution in [0.2, 0.25) is 0 Å². The number of fused-ring (bicyclic) bond motifs is 1. The molecule has 0 aliphatic carbocycles. The van der Waals surface area contributed by atoms with E-state index in [9.17, 15) is 9.18 Å². The van der Waals surface area contributed by atoms with Crippen LogP contribution in [0.5, 0.6) is 0 Å². The highest BCUT2D eigenvalue weighted by Gasteiger charge is 2.16. The molecule has 0 aliphatic rings. The van der Waals surface area contributed by atoms with Crippen molar-refractivity contribution in [1.29, 1.82) is 0 Å². The zero-order chi connectivity index (χ0) is 18.3. The van der Waals surface area contributed by atoms with Gasteiger partial charge in [0, 0.05) is 11.3 Å². The number of aryl methyl sites for hydroxylation is 1. The van der Waals surface area contributed by atoms with E-state index in [-0.39, 0.29) is 11.7 Å². The van der Waals surface area contributed by atoms with Crippen molar-refractivity contribution in [2.45, 2.75) is 13.8 Å². The number of H-pyrrole nitrogens is 2. The summed E-state index contributed by atoms with van der Waals surface area (Å²) in [7, 11) is 0. The molecule has 0 bridgehead atoms. The maximum atomic E-state index is 13.9. The number of imidazole rings is 1. The van der Waals surface area contributed by atoms with Crippen molar-refractivity contribution in [3.8, 4) is 11.4 Å². The Labute approximate surface area is 147 Å². The van der Waals surface area contributed by atoms with Crippen molar-refractivity contribution in [1.82, 2.24) is 25.1 Å². The van der Waals surface area contributed by atoms with Gasteiger partial charge in [-0.25, -0.2) is 14.4 Å². The molecule has 7 nitrogen and oxygen atoms in total. The number of hydrogen-bond acceptors (Lipinski definition) is 4. The first kappa shape index (κ1) is 15.9. The average Bonchev–Trinajstić information content (AvgIpc) is 3.19. The molecule has 0 fully saturated rings. The lowest BCUT2D eigenvalue weighted by Gasteiger charge is -2.03. The largest absolute Gasteiger partial charge is 0.323 e. The monoisotopic (exact) mass is 350 g/mol. The zero-order valence-corrected chi connectivity index (χ0v) is 14.1. The van der Waals surface area contributed by atoms with Gasteiger partial charge in [0.25, 0.3) is 5.91 Å². The Hall–Kier alpha value is -3.55. The number of nitrogens with one attached hydrogen (secondary N) is 3. The van der Waals surface area contributed by atoms with Crippen molar-refractivity contribution < 1.29 is 9.18 Å². The van der Waals surface area contributed by atoms with Crippen LogP contribution in [-0.2, 0) is 0 Å². The van der Waals surface area contributed by atoms with E-state index in [0.29, 0.717) is 33.9 Å². The molecule has 26 heavy (non-hydrogen) atoms. The van der Waals surface area contributed by atoms with Crippen molar-refractivity contribution in [2.24, 2.45) is 0 Å². The molecule has 0 spiro atoms. The van der Waals surface area contributed by atoms with Gasteiger partial charge < -0.3 is 10.3 Å². The summed E-state index contributed by atoms with van der Waals surface area (Å²) in [5.74, 6) is -0.324. The van der Waals surface area contributed by atoms with Crippen LogP contribution in [0.1, 0.15) is 21.7 Å². The van der Waals surface area contributed by atoms with Crippen molar-refractivity contribution in [3.63, 3.8) is 0 Å². The third-order valence-corrected chi connectivity index (χ3v) is 4.19. The summed E-state index contributed by atoms with van der Waals surface area (Å²) in [6.07, 6.45) is 1.51. The number of carbonyl (C=O) groups excluding carboxylic acids is 1. The van der Waals surface area contributed by atoms with Gasteiger partial charge in [0.1, 0.15) is 17.2 Å². The molecule has 4 aromatic rings. The zero-order valence-electron chi connectivity index (χ0n) is 14.1. The molecule has 0 aliphatic heterocycles. The Kier molecular flexibility index (Phi) is 3.72. The number of hydrogen-bond donors (Lipinski definition) is 3. The Morgan fingerprint density at radius 2 is 2.04 bits per heavy atom. The van der Waals surface area contributed by atoms with Gasteiger partial charge in [-0.05, 0) is 32.0 Å². The lowest BCUT2D eigenvalue weighted by molar-refractivity contribution is 0.102. The number of benzene rings is 1. The quantitative estimate of drug-likeness (QED) is 0.527. The molecular formula is C18H15FN6O. The highest BCUT2D eigenvalue weighted by molar-refractivity contribution is 6.04. The third-order valence-electron chi connectivity index (χ3n) is 4.19. The van der Waals surface area contributed by atoms with Crippen LogP contribution >= 0.6 is 0 Å². The maximum absolute atomic E-state index is 13.9. The number of nitrogens with zero attached hydrogens (tertiary/aromatic N) is 3. The van der Waals surface area contributed by atoms with Crippen molar-refractivity contribution in [2.75, 3.05) is 5.32 Å². The summed E-state index contributed by atoms with van der Waals surface area (Å²) in [6.45, 7) is 3.67. The summed E-state index contributed by atoms with van der Waals surface area (Å²) >= 11 is 0. The summed E-state index contributed by atoms with van der Waals surface area (Å²) in [5, 5.41) is 9.54. The van der Waals surface area contributed by atoms with Gasteiger partial charge in [0.2, 0.25) is 0 Å². The SMILES string of the molecule is Cc1[nH]nc(C(=O)Nc2cnc3[nH]c(-c4ccccc4F)nc3c2)c1C. The van der Waals surface area contributed by atoms with Crippen LogP contribution in [0.4, 0.5) is 10.1 Å². The van der Waals surface area contributed by atoms with Crippen molar-refractivity contribution in [3.05, 3.63) is 59.3 Å². The van der Waals surface area contributed by atoms with Gasteiger partial charge in [0.15, 0.2) is 11.3 Å². The minimum atomic E-state index is -0.371. The predicted molar refractivity (Wildman–Crippen MR) is 95.3 cm³/mol. The fraction of sp³-hybridized carbons (Fsp3) is 0.111. The number of aromatic nitrogens is 5. The van der Waals surface area contributed by atoms with E-state index in [1.807, 2.05) is 13.8 Å². The Bertz CT molecular complexity index is 1130. The number of anilines is 1. The number of aromatic amines is 2. The standard InChI is InChI=1S/C18H15FN6O/c1-9-10(2)24-25-15(9)18(26)21-11-7-14-17(20-8-11)23-16(22-14)12-5-3-4-6-13(12)19/h3-8H,1-2H3,(H,21,26)(H,24,25)(H,20,22,23). The van der Waals surface area contributed by atoms with Gasteiger partial charge in [-0.3, -0.25) is 9.89 Å². The smallest absolute Gasteiger partial charge is 0.276 e. The van der Waals surface area contributed by atoms with Crippen molar-refractivity contribution >= 4 is 22.8 Å². The lowest BCUT2D eigenvalue weighted by Crippen LogP contribution is -2.13. The lowest BCUT2D eigenvalue weighted by atomic mass is 10.2. The van der Waals surface area contributed by atoms with Crippen LogP contribution in [-0.4, -0.2) is 31.1 Å². The molecule has 3 heterocycles. The molecule has 130 valence electrons. The number of rotatable bonds is 3. The number of halogens is 1. The van der Waals surface area contributed by atoms with Crippen LogP contribution in [0.25, 0.3) is 22.6 Å². The van der Waals surface area contributed by atoms with E-state index >= 15 is 0 Å². The van der Waals surface area contributed by atoms with Gasteiger partial charge in [-0.1, -0.05) is 12.1 Å². The summed E-state index contributed by atoms with van der Waals surface area (Å²) in [6, 6.07) is 8.04. The fourth-order valence-electron chi connectivity index (χ4n) is 2.64. The fourth-order valence-corrected chi connectivity index (χ4v) is 2.64. The molecule has 0 unspecified atom stereocenters. The van der Waals surface area contributed by atoms with E-state index in [1.165, 1.54) is 12.3 Å². The van der Waals surface area contributed by atoms with Gasteiger partial charge >= 0.3 is 0 Å². The molecule has 3 N–H and O–H groups in total. The first-order valence-electron chi connectivity index (χ1n) is 7.96. The van der Waals surface area contributed by atoms with Crippen LogP contribution in [0, 0.1) is 19.7 Å². The van der Waals surface area contributed by atoms with Crippen LogP contribution in [0.3, 0.4) is 0 Å². The van der Waals surface area contributed by atoms with E-state index in [0.717, 1.165) is 11.3 Å². The molecule has 3 aromatic heterocycles. The maximum Gasteiger partial charge on any atom is 0.276 e. The van der Waals surface area contributed by atoms with E-state index in [4.69, 9.17) is 0 Å². The van der Waals surface area contributed by atoms with Crippen LogP contribution < -0.4 is 5.32 Å². The van der Waals surface area contributed by atoms with Crippen LogP contribution in [0.15, 0.2) is 36.5 Å². The molecule has 0 saturated carbocycles. The highest BCUT2D eigenvalue weighted by atomic mass is 19.1. The summed E-state index contributed by atoms with van der Waals surface area (Å²) in [5.41, 5.74) is 3.83.